The Morgan fingerprint density at radius 2 is 1.91 bits per heavy atom. The average molecular weight is 156 g/mol. The van der Waals surface area contributed by atoms with Gasteiger partial charge < -0.3 is 4.79 Å². The van der Waals surface area contributed by atoms with E-state index in [1.54, 1.807) is 0 Å². The van der Waals surface area contributed by atoms with E-state index in [1.165, 1.54) is 6.42 Å². The van der Waals surface area contributed by atoms with E-state index in [1.807, 2.05) is 0 Å². The van der Waals surface area contributed by atoms with E-state index in [-0.39, 0.29) is 5.41 Å². The fraction of sp³-hybridized carbons (Fsp3) is 0.900. The molecule has 0 N–H and O–H groups in total. The first-order valence-electron chi connectivity index (χ1n) is 4.41. The van der Waals surface area contributed by atoms with Gasteiger partial charge in [-0.3, -0.25) is 0 Å². The van der Waals surface area contributed by atoms with E-state index in [0.717, 1.165) is 18.6 Å². The lowest BCUT2D eigenvalue weighted by atomic mass is 9.83. The van der Waals surface area contributed by atoms with Gasteiger partial charge in [0.1, 0.15) is 6.29 Å². The number of hydrogen-bond donors (Lipinski definition) is 0. The van der Waals surface area contributed by atoms with Crippen LogP contribution in [0.4, 0.5) is 0 Å². The Morgan fingerprint density at radius 1 is 1.36 bits per heavy atom. The summed E-state index contributed by atoms with van der Waals surface area (Å²) in [5.74, 6) is 0.751. The van der Waals surface area contributed by atoms with Gasteiger partial charge in [0, 0.05) is 6.42 Å². The SMILES string of the molecule is CC(C)CCC(C)(C)CC=O. The first-order valence-corrected chi connectivity index (χ1v) is 4.41. The molecule has 0 heterocycles. The molecule has 0 unspecified atom stereocenters. The van der Waals surface area contributed by atoms with Crippen molar-refractivity contribution >= 4 is 6.29 Å². The van der Waals surface area contributed by atoms with Crippen molar-refractivity contribution in [2.24, 2.45) is 11.3 Å². The van der Waals surface area contributed by atoms with Crippen LogP contribution in [0.5, 0.6) is 0 Å². The van der Waals surface area contributed by atoms with Gasteiger partial charge >= 0.3 is 0 Å². The van der Waals surface area contributed by atoms with Crippen molar-refractivity contribution < 1.29 is 4.79 Å². The summed E-state index contributed by atoms with van der Waals surface area (Å²) in [7, 11) is 0. The topological polar surface area (TPSA) is 17.1 Å². The van der Waals surface area contributed by atoms with Crippen molar-refractivity contribution in [2.45, 2.75) is 47.0 Å². The fourth-order valence-corrected chi connectivity index (χ4v) is 1.01. The highest BCUT2D eigenvalue weighted by Gasteiger charge is 2.16. The minimum atomic E-state index is 0.214. The molecule has 0 atom stereocenters. The van der Waals surface area contributed by atoms with Gasteiger partial charge in [-0.1, -0.05) is 34.1 Å². The summed E-state index contributed by atoms with van der Waals surface area (Å²) in [5, 5.41) is 0. The third-order valence-electron chi connectivity index (χ3n) is 2.03. The maximum Gasteiger partial charge on any atom is 0.120 e. The number of rotatable bonds is 5. The first kappa shape index (κ1) is 10.7. The minimum Gasteiger partial charge on any atom is -0.303 e. The zero-order chi connectivity index (χ0) is 8.91. The second kappa shape index (κ2) is 4.53. The third-order valence-corrected chi connectivity index (χ3v) is 2.03. The number of hydrogen-bond acceptors (Lipinski definition) is 1. The Kier molecular flexibility index (Phi) is 4.39. The summed E-state index contributed by atoms with van der Waals surface area (Å²) in [5.41, 5.74) is 0.214. The molecular formula is C10H20O. The molecule has 1 nitrogen and oxygen atoms in total. The van der Waals surface area contributed by atoms with Crippen LogP contribution in [-0.4, -0.2) is 6.29 Å². The molecule has 0 aliphatic heterocycles. The van der Waals surface area contributed by atoms with Crippen molar-refractivity contribution in [2.75, 3.05) is 0 Å². The van der Waals surface area contributed by atoms with E-state index in [9.17, 15) is 4.79 Å². The molecule has 0 aliphatic rings. The summed E-state index contributed by atoms with van der Waals surface area (Å²) in [6.07, 6.45) is 4.10. The van der Waals surface area contributed by atoms with E-state index in [0.29, 0.717) is 6.42 Å². The molecule has 0 fully saturated rings. The van der Waals surface area contributed by atoms with E-state index < -0.39 is 0 Å². The Labute approximate surface area is 70.2 Å². The van der Waals surface area contributed by atoms with Crippen molar-refractivity contribution in [3.63, 3.8) is 0 Å². The van der Waals surface area contributed by atoms with Gasteiger partial charge in [-0.2, -0.15) is 0 Å². The van der Waals surface area contributed by atoms with Crippen molar-refractivity contribution in [3.05, 3.63) is 0 Å². The van der Waals surface area contributed by atoms with Gasteiger partial charge in [-0.15, -0.1) is 0 Å². The second-order valence-electron chi connectivity index (χ2n) is 4.47. The molecule has 0 aromatic carbocycles. The first-order chi connectivity index (χ1) is 4.98. The highest BCUT2D eigenvalue weighted by Crippen LogP contribution is 2.27. The molecule has 11 heavy (non-hydrogen) atoms. The maximum absolute atomic E-state index is 10.3. The molecule has 1 heteroatoms. The zero-order valence-electron chi connectivity index (χ0n) is 8.18. The zero-order valence-corrected chi connectivity index (χ0v) is 8.18. The monoisotopic (exact) mass is 156 g/mol. The summed E-state index contributed by atoms with van der Waals surface area (Å²) in [6.45, 7) is 8.75. The van der Waals surface area contributed by atoms with Gasteiger partial charge in [-0.25, -0.2) is 0 Å². The van der Waals surface area contributed by atoms with E-state index in [2.05, 4.69) is 27.7 Å². The fourth-order valence-electron chi connectivity index (χ4n) is 1.01. The molecule has 0 radical (unpaired) electrons. The maximum atomic E-state index is 10.3. The molecule has 0 aliphatic carbocycles. The highest BCUT2D eigenvalue weighted by atomic mass is 16.1. The molecule has 66 valence electrons. The summed E-state index contributed by atoms with van der Waals surface area (Å²) >= 11 is 0. The molecule has 0 aromatic heterocycles. The highest BCUT2D eigenvalue weighted by molar-refractivity contribution is 5.50. The largest absolute Gasteiger partial charge is 0.303 e. The Bertz CT molecular complexity index is 114. The second-order valence-corrected chi connectivity index (χ2v) is 4.47. The standard InChI is InChI=1S/C10H20O/c1-9(2)5-6-10(3,4)7-8-11/h8-9H,5-7H2,1-4H3. The Balaban J connectivity index is 3.62. The Morgan fingerprint density at radius 3 is 2.27 bits per heavy atom. The molecule has 0 aromatic rings. The van der Waals surface area contributed by atoms with Gasteiger partial charge in [0.25, 0.3) is 0 Å². The number of aldehydes is 1. The summed E-state index contributed by atoms with van der Waals surface area (Å²) in [4.78, 5) is 10.3. The van der Waals surface area contributed by atoms with Crippen molar-refractivity contribution in [1.29, 1.82) is 0 Å². The van der Waals surface area contributed by atoms with Crippen LogP contribution in [0.1, 0.15) is 47.0 Å². The molecule has 0 bridgehead atoms. The molecule has 0 saturated heterocycles. The molecule has 0 spiro atoms. The van der Waals surface area contributed by atoms with Gasteiger partial charge in [0.2, 0.25) is 0 Å². The van der Waals surface area contributed by atoms with Crippen LogP contribution in [0.25, 0.3) is 0 Å². The quantitative estimate of drug-likeness (QED) is 0.559. The van der Waals surface area contributed by atoms with Gasteiger partial charge in [0.05, 0.1) is 0 Å². The van der Waals surface area contributed by atoms with Gasteiger partial charge in [0.15, 0.2) is 0 Å². The number of carbonyl (C=O) groups excluding carboxylic acids is 1. The number of carbonyl (C=O) groups is 1. The lowest BCUT2D eigenvalue weighted by Crippen LogP contribution is -2.12. The van der Waals surface area contributed by atoms with Crippen LogP contribution in [0.2, 0.25) is 0 Å². The lowest BCUT2D eigenvalue weighted by Gasteiger charge is -2.22. The summed E-state index contributed by atoms with van der Waals surface area (Å²) in [6, 6.07) is 0. The van der Waals surface area contributed by atoms with Crippen LogP contribution in [0.15, 0.2) is 0 Å². The van der Waals surface area contributed by atoms with Crippen LogP contribution in [0, 0.1) is 11.3 Å². The van der Waals surface area contributed by atoms with E-state index >= 15 is 0 Å². The lowest BCUT2D eigenvalue weighted by molar-refractivity contribution is -0.109. The van der Waals surface area contributed by atoms with Crippen molar-refractivity contribution in [3.8, 4) is 0 Å². The molecule has 0 rings (SSSR count). The average Bonchev–Trinajstić information content (AvgIpc) is 1.84. The third kappa shape index (κ3) is 6.08. The smallest absolute Gasteiger partial charge is 0.120 e. The van der Waals surface area contributed by atoms with Crippen LogP contribution in [0.3, 0.4) is 0 Å². The molecule has 0 saturated carbocycles. The predicted octanol–water partition coefficient (Wildman–Crippen LogP) is 3.04. The molecular weight excluding hydrogens is 136 g/mol. The van der Waals surface area contributed by atoms with Gasteiger partial charge in [-0.05, 0) is 17.8 Å². The van der Waals surface area contributed by atoms with Crippen molar-refractivity contribution in [1.82, 2.24) is 0 Å². The normalized spacial score (nSPS) is 12.1. The van der Waals surface area contributed by atoms with Crippen LogP contribution < -0.4 is 0 Å². The van der Waals surface area contributed by atoms with E-state index in [4.69, 9.17) is 0 Å². The predicted molar refractivity (Wildman–Crippen MR) is 48.5 cm³/mol. The van der Waals surface area contributed by atoms with Crippen LogP contribution in [-0.2, 0) is 4.79 Å². The summed E-state index contributed by atoms with van der Waals surface area (Å²) < 4.78 is 0. The Hall–Kier alpha value is -0.330. The molecule has 0 amide bonds. The van der Waals surface area contributed by atoms with Crippen LogP contribution >= 0.6 is 0 Å². The minimum absolute atomic E-state index is 0.214.